The van der Waals surface area contributed by atoms with Gasteiger partial charge in [-0.2, -0.15) is 0 Å². The molecule has 0 aromatic rings. The highest BCUT2D eigenvalue weighted by atomic mass is 32.2. The van der Waals surface area contributed by atoms with Crippen molar-refractivity contribution in [3.05, 3.63) is 0 Å². The number of hydrogen-bond acceptors (Lipinski definition) is 1. The second kappa shape index (κ2) is 3.33. The number of rotatable bonds is 2. The molecule has 0 bridgehead atoms. The van der Waals surface area contributed by atoms with Gasteiger partial charge in [-0.05, 0) is 13.2 Å². The van der Waals surface area contributed by atoms with Crippen molar-refractivity contribution in [2.45, 2.75) is 12.3 Å². The molecule has 1 unspecified atom stereocenters. The molecule has 0 aromatic heterocycles. The molecule has 0 heterocycles. The molecule has 0 spiro atoms. The Balaban J connectivity index is 3.14. The lowest BCUT2D eigenvalue weighted by Gasteiger charge is -2.12. The maximum absolute atomic E-state index is 2.22. The summed E-state index contributed by atoms with van der Waals surface area (Å²) in [6, 6.07) is 0. The molecule has 0 rings (SSSR count). The summed E-state index contributed by atoms with van der Waals surface area (Å²) < 4.78 is 0. The summed E-state index contributed by atoms with van der Waals surface area (Å²) in [6.07, 6.45) is 2.14. The van der Waals surface area contributed by atoms with Gasteiger partial charge in [-0.1, -0.05) is 0 Å². The molecule has 0 radical (unpaired) electrons. The summed E-state index contributed by atoms with van der Waals surface area (Å²) in [5, 5.41) is 0.736. The van der Waals surface area contributed by atoms with Gasteiger partial charge in [-0.15, -0.1) is 11.8 Å². The van der Waals surface area contributed by atoms with Gasteiger partial charge in [-0.25, -0.2) is 0 Å². The number of quaternary nitrogens is 1. The zero-order valence-electron chi connectivity index (χ0n) is 5.49. The molecular weight excluding hydrogens is 106 g/mol. The normalized spacial score (nSPS) is 15.0. The second-order valence-corrected chi connectivity index (χ2v) is 3.13. The van der Waals surface area contributed by atoms with Gasteiger partial charge in [-0.3, -0.25) is 0 Å². The third-order valence-corrected chi connectivity index (χ3v) is 2.35. The van der Waals surface area contributed by atoms with Gasteiger partial charge in [0.2, 0.25) is 0 Å². The minimum atomic E-state index is 0.736. The quantitative estimate of drug-likeness (QED) is 0.496. The van der Waals surface area contributed by atoms with Crippen LogP contribution in [-0.2, 0) is 0 Å². The highest BCUT2D eigenvalue weighted by Crippen LogP contribution is 1.93. The van der Waals surface area contributed by atoms with E-state index in [1.54, 1.807) is 0 Å². The van der Waals surface area contributed by atoms with E-state index in [0.29, 0.717) is 0 Å². The smallest absolute Gasteiger partial charge is 0.130 e. The van der Waals surface area contributed by atoms with E-state index in [1.165, 1.54) is 4.90 Å². The minimum absolute atomic E-state index is 0.736. The summed E-state index contributed by atoms with van der Waals surface area (Å²) >= 11 is 1.90. The van der Waals surface area contributed by atoms with Crippen LogP contribution in [0.15, 0.2) is 0 Å². The third kappa shape index (κ3) is 2.94. The first kappa shape index (κ1) is 7.31. The molecule has 2 heteroatoms. The lowest BCUT2D eigenvalue weighted by atomic mass is 10.7. The number of hydrogen-bond donors (Lipinski definition) is 1. The Bertz CT molecular complexity index is 45.3. The standard InChI is InChI=1S/C5H13NS/c1-5(7-4)6(2)3/h5H,1-4H3/p+1. The Labute approximate surface area is 50.1 Å². The maximum Gasteiger partial charge on any atom is 0.130 e. The molecule has 0 saturated carbocycles. The molecule has 0 aliphatic carbocycles. The van der Waals surface area contributed by atoms with Gasteiger partial charge < -0.3 is 4.90 Å². The predicted octanol–water partition coefficient (Wildman–Crippen LogP) is -0.160. The first-order valence-electron chi connectivity index (χ1n) is 2.51. The Morgan fingerprint density at radius 3 is 1.86 bits per heavy atom. The molecule has 1 N–H and O–H groups in total. The molecule has 0 aliphatic heterocycles. The SMILES string of the molecule is CSC(C)[NH+](C)C. The minimum Gasteiger partial charge on any atom is -0.329 e. The van der Waals surface area contributed by atoms with Gasteiger partial charge in [0.05, 0.1) is 14.1 Å². The molecule has 0 aromatic carbocycles. The van der Waals surface area contributed by atoms with Crippen molar-refractivity contribution in [1.82, 2.24) is 0 Å². The van der Waals surface area contributed by atoms with E-state index in [2.05, 4.69) is 27.3 Å². The van der Waals surface area contributed by atoms with Crippen LogP contribution in [-0.4, -0.2) is 25.7 Å². The lowest BCUT2D eigenvalue weighted by Crippen LogP contribution is -3.08. The highest BCUT2D eigenvalue weighted by Gasteiger charge is 2.01. The van der Waals surface area contributed by atoms with Crippen molar-refractivity contribution in [3.8, 4) is 0 Å². The van der Waals surface area contributed by atoms with Gasteiger partial charge in [0.1, 0.15) is 5.37 Å². The summed E-state index contributed by atoms with van der Waals surface area (Å²) in [5.41, 5.74) is 0. The van der Waals surface area contributed by atoms with Crippen LogP contribution in [0.3, 0.4) is 0 Å². The summed E-state index contributed by atoms with van der Waals surface area (Å²) in [7, 11) is 4.34. The Hall–Kier alpha value is 0.310. The van der Waals surface area contributed by atoms with Crippen LogP contribution in [0.2, 0.25) is 0 Å². The second-order valence-electron chi connectivity index (χ2n) is 1.96. The topological polar surface area (TPSA) is 4.44 Å². The van der Waals surface area contributed by atoms with Gasteiger partial charge in [0.25, 0.3) is 0 Å². The fraction of sp³-hybridized carbons (Fsp3) is 1.00. The number of thioether (sulfide) groups is 1. The molecule has 0 amide bonds. The van der Waals surface area contributed by atoms with Gasteiger partial charge in [0.15, 0.2) is 0 Å². The predicted molar refractivity (Wildman–Crippen MR) is 35.8 cm³/mol. The Morgan fingerprint density at radius 1 is 1.43 bits per heavy atom. The third-order valence-electron chi connectivity index (χ3n) is 1.17. The molecule has 0 fully saturated rings. The summed E-state index contributed by atoms with van der Waals surface area (Å²) in [6.45, 7) is 2.22. The van der Waals surface area contributed by atoms with E-state index < -0.39 is 0 Å². The van der Waals surface area contributed by atoms with Crippen molar-refractivity contribution < 1.29 is 4.90 Å². The summed E-state index contributed by atoms with van der Waals surface area (Å²) in [5.74, 6) is 0. The van der Waals surface area contributed by atoms with Crippen molar-refractivity contribution in [2.75, 3.05) is 20.4 Å². The molecular formula is C5H14NS+. The van der Waals surface area contributed by atoms with E-state index in [4.69, 9.17) is 0 Å². The average molecular weight is 120 g/mol. The maximum atomic E-state index is 2.22. The van der Waals surface area contributed by atoms with Crippen LogP contribution >= 0.6 is 11.8 Å². The van der Waals surface area contributed by atoms with Crippen molar-refractivity contribution in [3.63, 3.8) is 0 Å². The number of nitrogens with one attached hydrogen (secondary N) is 1. The fourth-order valence-corrected chi connectivity index (χ4v) is 0.707. The van der Waals surface area contributed by atoms with Crippen molar-refractivity contribution in [2.24, 2.45) is 0 Å². The van der Waals surface area contributed by atoms with Gasteiger partial charge in [0, 0.05) is 0 Å². The molecule has 1 atom stereocenters. The zero-order chi connectivity index (χ0) is 5.86. The van der Waals surface area contributed by atoms with Crippen molar-refractivity contribution >= 4 is 11.8 Å². The summed E-state index contributed by atoms with van der Waals surface area (Å²) in [4.78, 5) is 1.51. The van der Waals surface area contributed by atoms with Crippen LogP contribution in [0.4, 0.5) is 0 Å². The first-order valence-corrected chi connectivity index (χ1v) is 3.80. The van der Waals surface area contributed by atoms with E-state index >= 15 is 0 Å². The molecule has 1 nitrogen and oxygen atoms in total. The van der Waals surface area contributed by atoms with E-state index in [1.807, 2.05) is 11.8 Å². The fourth-order valence-electron chi connectivity index (χ4n) is 0.236. The monoisotopic (exact) mass is 120 g/mol. The zero-order valence-corrected chi connectivity index (χ0v) is 6.30. The average Bonchev–Trinajstić information content (AvgIpc) is 1.65. The van der Waals surface area contributed by atoms with Crippen LogP contribution in [0, 0.1) is 0 Å². The van der Waals surface area contributed by atoms with E-state index in [9.17, 15) is 0 Å². The van der Waals surface area contributed by atoms with E-state index in [0.717, 1.165) is 5.37 Å². The van der Waals surface area contributed by atoms with Crippen LogP contribution < -0.4 is 4.90 Å². The lowest BCUT2D eigenvalue weighted by molar-refractivity contribution is -0.867. The molecule has 7 heavy (non-hydrogen) atoms. The van der Waals surface area contributed by atoms with Crippen molar-refractivity contribution in [1.29, 1.82) is 0 Å². The van der Waals surface area contributed by atoms with Crippen LogP contribution in [0.5, 0.6) is 0 Å². The Morgan fingerprint density at radius 2 is 1.86 bits per heavy atom. The Kier molecular flexibility index (Phi) is 3.48. The van der Waals surface area contributed by atoms with Crippen LogP contribution in [0.25, 0.3) is 0 Å². The van der Waals surface area contributed by atoms with Crippen LogP contribution in [0.1, 0.15) is 6.92 Å². The van der Waals surface area contributed by atoms with Gasteiger partial charge >= 0.3 is 0 Å². The molecule has 0 saturated heterocycles. The highest BCUT2D eigenvalue weighted by molar-refractivity contribution is 7.98. The largest absolute Gasteiger partial charge is 0.329 e. The first-order chi connectivity index (χ1) is 3.18. The molecule has 0 aliphatic rings. The molecule has 44 valence electrons. The van der Waals surface area contributed by atoms with E-state index in [-0.39, 0.29) is 0 Å².